The zero-order valence-electron chi connectivity index (χ0n) is 22.5. The third kappa shape index (κ3) is 10.0. The molecule has 0 aliphatic carbocycles. The fraction of sp³-hybridized carbons (Fsp3) is 0.577. The fourth-order valence-electron chi connectivity index (χ4n) is 3.83. The SMILES string of the molecule is CC(C)[C@H]1COc2ccccc2C(=O)N[C@H](C(=O)NCCCN(C)C)CCC(=O)N[C@@H](CC(N)=O)C(=O)N1. The number of fused-ring (bicyclic) bond motifs is 1. The van der Waals surface area contributed by atoms with Crippen LogP contribution in [0.15, 0.2) is 24.3 Å². The molecule has 0 fully saturated rings. The zero-order valence-corrected chi connectivity index (χ0v) is 22.5. The molecule has 1 aromatic carbocycles. The van der Waals surface area contributed by atoms with Crippen LogP contribution in [0.1, 0.15) is 49.9 Å². The van der Waals surface area contributed by atoms with E-state index in [1.54, 1.807) is 24.3 Å². The quantitative estimate of drug-likeness (QED) is 0.282. The molecule has 0 unspecified atom stereocenters. The zero-order chi connectivity index (χ0) is 28.2. The maximum atomic E-state index is 13.2. The highest BCUT2D eigenvalue weighted by atomic mass is 16.5. The van der Waals surface area contributed by atoms with Crippen molar-refractivity contribution in [3.05, 3.63) is 29.8 Å². The topological polar surface area (TPSA) is 172 Å². The Morgan fingerprint density at radius 3 is 2.50 bits per heavy atom. The molecule has 210 valence electrons. The van der Waals surface area contributed by atoms with Gasteiger partial charge in [-0.05, 0) is 51.5 Å². The molecule has 0 saturated carbocycles. The van der Waals surface area contributed by atoms with E-state index in [0.717, 1.165) is 6.54 Å². The molecular formula is C26H40N6O6. The third-order valence-electron chi connectivity index (χ3n) is 6.10. The highest BCUT2D eigenvalue weighted by Crippen LogP contribution is 2.20. The number of nitrogens with zero attached hydrogens (tertiary/aromatic N) is 1. The molecule has 1 aromatic rings. The van der Waals surface area contributed by atoms with Gasteiger partial charge in [0.2, 0.25) is 23.6 Å². The van der Waals surface area contributed by atoms with Gasteiger partial charge in [0.05, 0.1) is 18.0 Å². The van der Waals surface area contributed by atoms with Gasteiger partial charge in [0.15, 0.2) is 0 Å². The lowest BCUT2D eigenvalue weighted by Gasteiger charge is -2.26. The first-order chi connectivity index (χ1) is 18.0. The highest BCUT2D eigenvalue weighted by Gasteiger charge is 2.29. The second-order valence-electron chi connectivity index (χ2n) is 9.97. The van der Waals surface area contributed by atoms with E-state index in [1.165, 1.54) is 0 Å². The Balaban J connectivity index is 2.33. The van der Waals surface area contributed by atoms with Crippen LogP contribution in [0.4, 0.5) is 0 Å². The molecule has 38 heavy (non-hydrogen) atoms. The number of ether oxygens (including phenoxy) is 1. The number of rotatable bonds is 8. The van der Waals surface area contributed by atoms with Crippen LogP contribution in [0.5, 0.6) is 5.75 Å². The van der Waals surface area contributed by atoms with Crippen molar-refractivity contribution < 1.29 is 28.7 Å². The Labute approximate surface area is 223 Å². The first-order valence-electron chi connectivity index (χ1n) is 12.8. The van der Waals surface area contributed by atoms with Gasteiger partial charge in [0.1, 0.15) is 24.4 Å². The number of para-hydroxylation sites is 1. The number of hydrogen-bond acceptors (Lipinski definition) is 7. The molecule has 0 bridgehead atoms. The number of carbonyl (C=O) groups excluding carboxylic acids is 5. The second-order valence-corrected chi connectivity index (χ2v) is 9.97. The summed E-state index contributed by atoms with van der Waals surface area (Å²) in [4.78, 5) is 65.5. The normalized spacial score (nSPS) is 21.2. The maximum Gasteiger partial charge on any atom is 0.255 e. The summed E-state index contributed by atoms with van der Waals surface area (Å²) < 4.78 is 5.93. The van der Waals surface area contributed by atoms with Crippen LogP contribution in [0.2, 0.25) is 0 Å². The van der Waals surface area contributed by atoms with Crippen LogP contribution < -0.4 is 31.7 Å². The van der Waals surface area contributed by atoms with Gasteiger partial charge in [0, 0.05) is 13.0 Å². The van der Waals surface area contributed by atoms with E-state index in [9.17, 15) is 24.0 Å². The molecule has 0 radical (unpaired) electrons. The predicted octanol–water partition coefficient (Wildman–Crippen LogP) is -0.473. The van der Waals surface area contributed by atoms with Crippen molar-refractivity contribution >= 4 is 29.5 Å². The van der Waals surface area contributed by atoms with Crippen LogP contribution in [0.25, 0.3) is 0 Å². The molecule has 1 aliphatic heterocycles. The number of hydrogen-bond donors (Lipinski definition) is 5. The van der Waals surface area contributed by atoms with E-state index in [0.29, 0.717) is 13.0 Å². The monoisotopic (exact) mass is 532 g/mol. The summed E-state index contributed by atoms with van der Waals surface area (Å²) in [5, 5.41) is 10.9. The van der Waals surface area contributed by atoms with Crippen molar-refractivity contribution in [1.29, 1.82) is 0 Å². The first-order valence-corrected chi connectivity index (χ1v) is 12.8. The minimum Gasteiger partial charge on any atom is -0.491 e. The number of amides is 5. The lowest BCUT2D eigenvalue weighted by Crippen LogP contribution is -2.53. The molecule has 3 atom stereocenters. The molecule has 0 spiro atoms. The Morgan fingerprint density at radius 2 is 1.84 bits per heavy atom. The largest absolute Gasteiger partial charge is 0.491 e. The van der Waals surface area contributed by atoms with E-state index in [4.69, 9.17) is 10.5 Å². The van der Waals surface area contributed by atoms with Crippen LogP contribution in [-0.2, 0) is 19.2 Å². The van der Waals surface area contributed by atoms with E-state index in [-0.39, 0.29) is 36.7 Å². The van der Waals surface area contributed by atoms with Crippen molar-refractivity contribution in [2.45, 2.75) is 57.7 Å². The Morgan fingerprint density at radius 1 is 1.13 bits per heavy atom. The van der Waals surface area contributed by atoms with Gasteiger partial charge in [-0.25, -0.2) is 0 Å². The average Bonchev–Trinajstić information content (AvgIpc) is 2.85. The Bertz CT molecular complexity index is 998. The number of benzene rings is 1. The van der Waals surface area contributed by atoms with Crippen molar-refractivity contribution in [2.75, 3.05) is 33.8 Å². The number of carbonyl (C=O) groups is 5. The van der Waals surface area contributed by atoms with E-state index in [1.807, 2.05) is 32.8 Å². The molecular weight excluding hydrogens is 492 g/mol. The van der Waals surface area contributed by atoms with Gasteiger partial charge >= 0.3 is 0 Å². The van der Waals surface area contributed by atoms with E-state index >= 15 is 0 Å². The first kappa shape index (κ1) is 30.6. The minimum absolute atomic E-state index is 0.0281. The fourth-order valence-corrected chi connectivity index (χ4v) is 3.83. The molecule has 5 amide bonds. The summed E-state index contributed by atoms with van der Waals surface area (Å²) >= 11 is 0. The molecule has 0 saturated heterocycles. The highest BCUT2D eigenvalue weighted by molar-refractivity contribution is 6.00. The van der Waals surface area contributed by atoms with Gasteiger partial charge in [-0.2, -0.15) is 0 Å². The van der Waals surface area contributed by atoms with Gasteiger partial charge in [-0.3, -0.25) is 24.0 Å². The Hall–Kier alpha value is -3.67. The third-order valence-corrected chi connectivity index (χ3v) is 6.10. The number of nitrogens with two attached hydrogens (primary N) is 1. The number of nitrogens with one attached hydrogen (secondary N) is 4. The lowest BCUT2D eigenvalue weighted by molar-refractivity contribution is -0.132. The van der Waals surface area contributed by atoms with Crippen molar-refractivity contribution in [3.8, 4) is 5.75 Å². The van der Waals surface area contributed by atoms with Gasteiger partial charge in [-0.15, -0.1) is 0 Å². The van der Waals surface area contributed by atoms with Crippen molar-refractivity contribution in [3.63, 3.8) is 0 Å². The van der Waals surface area contributed by atoms with Gasteiger partial charge in [-0.1, -0.05) is 26.0 Å². The van der Waals surface area contributed by atoms with Gasteiger partial charge < -0.3 is 36.6 Å². The molecule has 12 heteroatoms. The lowest BCUT2D eigenvalue weighted by atomic mass is 10.0. The summed E-state index contributed by atoms with van der Waals surface area (Å²) in [6, 6.07) is 3.90. The summed E-state index contributed by atoms with van der Waals surface area (Å²) in [6.07, 6.45) is 0.111. The summed E-state index contributed by atoms with van der Waals surface area (Å²) in [5.41, 5.74) is 5.54. The summed E-state index contributed by atoms with van der Waals surface area (Å²) in [5.74, 6) is -2.63. The van der Waals surface area contributed by atoms with Crippen molar-refractivity contribution in [2.24, 2.45) is 11.7 Å². The van der Waals surface area contributed by atoms with Crippen LogP contribution >= 0.6 is 0 Å². The smallest absolute Gasteiger partial charge is 0.255 e. The number of primary amides is 1. The second kappa shape index (κ2) is 14.9. The average molecular weight is 533 g/mol. The molecule has 1 heterocycles. The molecule has 12 nitrogen and oxygen atoms in total. The van der Waals surface area contributed by atoms with Crippen LogP contribution in [0, 0.1) is 5.92 Å². The summed E-state index contributed by atoms with van der Waals surface area (Å²) in [6.45, 7) is 4.95. The van der Waals surface area contributed by atoms with Crippen LogP contribution in [-0.4, -0.2) is 86.4 Å². The summed E-state index contributed by atoms with van der Waals surface area (Å²) in [7, 11) is 3.85. The van der Waals surface area contributed by atoms with E-state index < -0.39 is 54.1 Å². The van der Waals surface area contributed by atoms with Crippen molar-refractivity contribution in [1.82, 2.24) is 26.2 Å². The maximum absolute atomic E-state index is 13.2. The van der Waals surface area contributed by atoms with Crippen LogP contribution in [0.3, 0.4) is 0 Å². The predicted molar refractivity (Wildman–Crippen MR) is 141 cm³/mol. The molecule has 0 aromatic heterocycles. The Kier molecular flexibility index (Phi) is 12.0. The standard InChI is InChI=1S/C26H40N6O6/c1-16(2)20-15-38-21-9-6-5-8-17(21)24(35)30-18(25(36)28-12-7-13-32(3)4)10-11-23(34)29-19(14-22(27)33)26(37)31-20/h5-6,8-9,16,18-20H,7,10-15H2,1-4H3,(H2,27,33)(H,28,36)(H,29,34)(H,30,35)(H,31,37)/t18-,19-,20+/m0/s1. The molecule has 6 N–H and O–H groups in total. The molecule has 2 rings (SSSR count). The van der Waals surface area contributed by atoms with Gasteiger partial charge in [0.25, 0.3) is 5.91 Å². The molecule has 1 aliphatic rings. The minimum atomic E-state index is -1.19. The van der Waals surface area contributed by atoms with E-state index in [2.05, 4.69) is 21.3 Å².